The number of nitrogens with one attached hydrogen (secondary N) is 1. The average Bonchev–Trinajstić information content (AvgIpc) is 2.84. The highest BCUT2D eigenvalue weighted by atomic mass is 32.2. The first-order valence-electron chi connectivity index (χ1n) is 7.77. The van der Waals surface area contributed by atoms with Crippen LogP contribution in [0.15, 0.2) is 4.79 Å². The van der Waals surface area contributed by atoms with Gasteiger partial charge in [0.2, 0.25) is 5.91 Å². The first-order valence-corrected chi connectivity index (χ1v) is 9.74. The number of thioether (sulfide) groups is 1. The molecule has 0 aromatic carbocycles. The predicted molar refractivity (Wildman–Crippen MR) is 96.3 cm³/mol. The van der Waals surface area contributed by atoms with Crippen molar-refractivity contribution in [3.63, 3.8) is 0 Å². The van der Waals surface area contributed by atoms with E-state index >= 15 is 0 Å². The summed E-state index contributed by atoms with van der Waals surface area (Å²) in [5.41, 5.74) is 1.18. The van der Waals surface area contributed by atoms with Gasteiger partial charge in [-0.05, 0) is 30.7 Å². The number of H-pyrrole nitrogens is 1. The summed E-state index contributed by atoms with van der Waals surface area (Å²) in [6.45, 7) is 2.26. The molecular formula is C16H21N3O2S2. The molecule has 2 heterocycles. The lowest BCUT2D eigenvalue weighted by atomic mass is 9.89. The van der Waals surface area contributed by atoms with E-state index < -0.39 is 0 Å². The van der Waals surface area contributed by atoms with E-state index in [4.69, 9.17) is 0 Å². The van der Waals surface area contributed by atoms with Crippen molar-refractivity contribution >= 4 is 39.2 Å². The van der Waals surface area contributed by atoms with E-state index in [9.17, 15) is 9.59 Å². The molecule has 2 aromatic heterocycles. The number of fused-ring (bicyclic) bond motifs is 3. The molecular weight excluding hydrogens is 330 g/mol. The number of aryl methyl sites for hydroxylation is 1. The van der Waals surface area contributed by atoms with Crippen LogP contribution >= 0.6 is 23.1 Å². The summed E-state index contributed by atoms with van der Waals surface area (Å²) in [4.78, 5) is 35.3. The minimum absolute atomic E-state index is 0.0309. The average molecular weight is 351 g/mol. The van der Waals surface area contributed by atoms with E-state index in [1.165, 1.54) is 22.2 Å². The number of hydrogen-bond donors (Lipinski definition) is 1. The molecule has 23 heavy (non-hydrogen) atoms. The second-order valence-corrected chi connectivity index (χ2v) is 8.39. The molecule has 0 aliphatic heterocycles. The summed E-state index contributed by atoms with van der Waals surface area (Å²) < 4.78 is 0. The van der Waals surface area contributed by atoms with Crippen molar-refractivity contribution in [1.82, 2.24) is 14.9 Å². The van der Waals surface area contributed by atoms with Crippen molar-refractivity contribution in [1.29, 1.82) is 0 Å². The van der Waals surface area contributed by atoms with Crippen LogP contribution in [0.2, 0.25) is 0 Å². The van der Waals surface area contributed by atoms with Crippen molar-refractivity contribution in [2.24, 2.45) is 5.92 Å². The van der Waals surface area contributed by atoms with Crippen LogP contribution in [0.4, 0.5) is 0 Å². The molecule has 1 aliphatic carbocycles. The maximum absolute atomic E-state index is 12.4. The highest BCUT2D eigenvalue weighted by Crippen LogP contribution is 2.35. The fraction of sp³-hybridized carbons (Fsp3) is 0.562. The van der Waals surface area contributed by atoms with Crippen LogP contribution in [-0.2, 0) is 23.4 Å². The van der Waals surface area contributed by atoms with Gasteiger partial charge in [0.25, 0.3) is 5.56 Å². The van der Waals surface area contributed by atoms with Crippen LogP contribution < -0.4 is 5.56 Å². The molecule has 0 fully saturated rings. The zero-order chi connectivity index (χ0) is 16.6. The number of carbonyl (C=O) groups excluding carboxylic acids is 1. The molecule has 0 bridgehead atoms. The fourth-order valence-electron chi connectivity index (χ4n) is 2.83. The van der Waals surface area contributed by atoms with Gasteiger partial charge < -0.3 is 9.88 Å². The van der Waals surface area contributed by atoms with Crippen LogP contribution in [0.25, 0.3) is 10.2 Å². The Hall–Kier alpha value is -1.34. The molecule has 5 nitrogen and oxygen atoms in total. The zero-order valence-electron chi connectivity index (χ0n) is 13.6. The monoisotopic (exact) mass is 351 g/mol. The van der Waals surface area contributed by atoms with Crippen molar-refractivity contribution in [2.45, 2.75) is 31.9 Å². The Morgan fingerprint density at radius 1 is 1.48 bits per heavy atom. The van der Waals surface area contributed by atoms with Gasteiger partial charge in [0.05, 0.1) is 16.9 Å². The number of aromatic amines is 1. The number of nitrogens with zero attached hydrogens (tertiary/aromatic N) is 2. The molecule has 1 N–H and O–H groups in total. The molecule has 1 amide bonds. The standard InChI is InChI=1S/C16H21N3O2S2/c1-9-4-5-10-11(6-9)23-16-14(10)15(21)17-12(18-16)7-22-8-13(20)19(2)3/h9H,4-8H2,1-3H3,(H,17,18,21)/t9-/m1/s1. The second-order valence-electron chi connectivity index (χ2n) is 6.33. The Balaban J connectivity index is 1.82. The lowest BCUT2D eigenvalue weighted by molar-refractivity contribution is -0.125. The van der Waals surface area contributed by atoms with Gasteiger partial charge in [-0.2, -0.15) is 0 Å². The summed E-state index contributed by atoms with van der Waals surface area (Å²) in [5, 5.41) is 0.787. The Morgan fingerprint density at radius 2 is 2.26 bits per heavy atom. The molecule has 3 rings (SSSR count). The van der Waals surface area contributed by atoms with Crippen molar-refractivity contribution in [2.75, 3.05) is 19.8 Å². The van der Waals surface area contributed by atoms with Gasteiger partial charge in [-0.25, -0.2) is 4.98 Å². The molecule has 0 radical (unpaired) electrons. The Kier molecular flexibility index (Phi) is 4.77. The van der Waals surface area contributed by atoms with E-state index in [1.807, 2.05) is 0 Å². The largest absolute Gasteiger partial charge is 0.348 e. The van der Waals surface area contributed by atoms with Gasteiger partial charge >= 0.3 is 0 Å². The number of thiophene rings is 1. The maximum atomic E-state index is 12.4. The SMILES string of the molecule is C[C@@H]1CCc2c(sc3nc(CSCC(=O)N(C)C)[nH]c(=O)c23)C1. The van der Waals surface area contributed by atoms with Gasteiger partial charge in [-0.3, -0.25) is 9.59 Å². The van der Waals surface area contributed by atoms with Gasteiger partial charge in [-0.1, -0.05) is 6.92 Å². The van der Waals surface area contributed by atoms with Crippen LogP contribution in [0.5, 0.6) is 0 Å². The van der Waals surface area contributed by atoms with Crippen molar-refractivity contribution in [3.05, 3.63) is 26.6 Å². The summed E-state index contributed by atoms with van der Waals surface area (Å²) in [6, 6.07) is 0. The molecule has 124 valence electrons. The summed E-state index contributed by atoms with van der Waals surface area (Å²) >= 11 is 3.14. The van der Waals surface area contributed by atoms with E-state index in [2.05, 4.69) is 16.9 Å². The van der Waals surface area contributed by atoms with Crippen LogP contribution in [0, 0.1) is 5.92 Å². The smallest absolute Gasteiger partial charge is 0.259 e. The molecule has 7 heteroatoms. The third kappa shape index (κ3) is 3.45. The van der Waals surface area contributed by atoms with Gasteiger partial charge in [0.1, 0.15) is 10.7 Å². The van der Waals surface area contributed by atoms with E-state index in [-0.39, 0.29) is 11.5 Å². The molecule has 2 aromatic rings. The highest BCUT2D eigenvalue weighted by Gasteiger charge is 2.23. The van der Waals surface area contributed by atoms with E-state index in [0.29, 0.717) is 23.2 Å². The quantitative estimate of drug-likeness (QED) is 0.919. The van der Waals surface area contributed by atoms with Crippen molar-refractivity contribution in [3.8, 4) is 0 Å². The van der Waals surface area contributed by atoms with E-state index in [1.54, 1.807) is 30.3 Å². The fourth-order valence-corrected chi connectivity index (χ4v) is 5.09. The van der Waals surface area contributed by atoms with Gasteiger partial charge in [0.15, 0.2) is 0 Å². The highest BCUT2D eigenvalue weighted by molar-refractivity contribution is 7.99. The predicted octanol–water partition coefficient (Wildman–Crippen LogP) is 2.43. The molecule has 0 saturated heterocycles. The number of hydrogen-bond acceptors (Lipinski definition) is 5. The van der Waals surface area contributed by atoms with Crippen molar-refractivity contribution < 1.29 is 4.79 Å². The number of rotatable bonds is 4. The minimum Gasteiger partial charge on any atom is -0.348 e. The third-order valence-electron chi connectivity index (χ3n) is 4.18. The first-order chi connectivity index (χ1) is 11.0. The minimum atomic E-state index is -0.0309. The summed E-state index contributed by atoms with van der Waals surface area (Å²) in [6.07, 6.45) is 3.17. The lowest BCUT2D eigenvalue weighted by Gasteiger charge is -2.17. The zero-order valence-corrected chi connectivity index (χ0v) is 15.3. The maximum Gasteiger partial charge on any atom is 0.259 e. The van der Waals surface area contributed by atoms with Crippen LogP contribution in [0.1, 0.15) is 29.6 Å². The first kappa shape index (κ1) is 16.5. The molecule has 0 saturated carbocycles. The number of carbonyl (C=O) groups is 1. The third-order valence-corrected chi connectivity index (χ3v) is 6.25. The topological polar surface area (TPSA) is 66.1 Å². The Bertz CT molecular complexity index is 794. The Morgan fingerprint density at radius 3 is 3.00 bits per heavy atom. The molecule has 1 aliphatic rings. The molecule has 0 unspecified atom stereocenters. The lowest BCUT2D eigenvalue weighted by Crippen LogP contribution is -2.23. The summed E-state index contributed by atoms with van der Waals surface area (Å²) in [5.74, 6) is 2.35. The number of amides is 1. The van der Waals surface area contributed by atoms with E-state index in [0.717, 1.165) is 29.5 Å². The van der Waals surface area contributed by atoms with Crippen LogP contribution in [-0.4, -0.2) is 40.6 Å². The van der Waals surface area contributed by atoms with Gasteiger partial charge in [-0.15, -0.1) is 23.1 Å². The Labute approximate surface area is 143 Å². The molecule has 1 atom stereocenters. The summed E-state index contributed by atoms with van der Waals surface area (Å²) in [7, 11) is 3.48. The molecule has 0 spiro atoms. The van der Waals surface area contributed by atoms with Crippen LogP contribution in [0.3, 0.4) is 0 Å². The normalized spacial score (nSPS) is 17.3. The second kappa shape index (κ2) is 6.65. The number of aromatic nitrogens is 2. The van der Waals surface area contributed by atoms with Gasteiger partial charge in [0, 0.05) is 19.0 Å².